The van der Waals surface area contributed by atoms with Crippen molar-refractivity contribution in [3.8, 4) is 0 Å². The Balaban J connectivity index is 2.15. The number of rotatable bonds is 11. The molecule has 1 aromatic carbocycles. The average molecular weight is 497 g/mol. The van der Waals surface area contributed by atoms with Crippen LogP contribution in [0.25, 0.3) is 0 Å². The van der Waals surface area contributed by atoms with Gasteiger partial charge < -0.3 is 24.5 Å². The minimum atomic E-state index is -0.991. The van der Waals surface area contributed by atoms with Crippen molar-refractivity contribution in [3.63, 3.8) is 0 Å². The van der Waals surface area contributed by atoms with Crippen molar-refractivity contribution in [2.75, 3.05) is 6.54 Å². The van der Waals surface area contributed by atoms with Gasteiger partial charge in [0.1, 0.15) is 5.60 Å². The van der Waals surface area contributed by atoms with Gasteiger partial charge in [-0.2, -0.15) is 0 Å². The first-order valence-corrected chi connectivity index (χ1v) is 12.7. The van der Waals surface area contributed by atoms with Crippen LogP contribution in [0.5, 0.6) is 0 Å². The van der Waals surface area contributed by atoms with Gasteiger partial charge in [-0.25, -0.2) is 4.79 Å². The van der Waals surface area contributed by atoms with E-state index < -0.39 is 28.5 Å². The Morgan fingerprint density at radius 2 is 1.75 bits per heavy atom. The van der Waals surface area contributed by atoms with E-state index in [-0.39, 0.29) is 13.0 Å². The van der Waals surface area contributed by atoms with Gasteiger partial charge in [-0.1, -0.05) is 62.0 Å². The van der Waals surface area contributed by atoms with Gasteiger partial charge in [-0.05, 0) is 65.6 Å². The summed E-state index contributed by atoms with van der Waals surface area (Å²) in [4.78, 5) is 14.9. The van der Waals surface area contributed by atoms with Crippen molar-refractivity contribution >= 4 is 18.5 Å². The van der Waals surface area contributed by atoms with E-state index in [1.165, 1.54) is 0 Å². The maximum absolute atomic E-state index is 13.1. The van der Waals surface area contributed by atoms with Crippen LogP contribution in [-0.2, 0) is 9.39 Å². The van der Waals surface area contributed by atoms with Crippen molar-refractivity contribution < 1.29 is 24.4 Å². The first-order chi connectivity index (χ1) is 16.5. The molecule has 2 N–H and O–H groups in total. The Kier molecular flexibility index (Phi) is 9.43. The third kappa shape index (κ3) is 7.83. The van der Waals surface area contributed by atoms with Crippen molar-refractivity contribution in [2.45, 2.75) is 96.6 Å². The van der Waals surface area contributed by atoms with E-state index in [0.717, 1.165) is 11.0 Å². The van der Waals surface area contributed by atoms with Crippen LogP contribution in [0.15, 0.2) is 61.2 Å². The van der Waals surface area contributed by atoms with E-state index in [9.17, 15) is 15.0 Å². The molecule has 1 heterocycles. The van der Waals surface area contributed by atoms with E-state index in [2.05, 4.69) is 6.58 Å². The van der Waals surface area contributed by atoms with E-state index in [1.807, 2.05) is 70.1 Å². The first-order valence-electron chi connectivity index (χ1n) is 12.7. The third-order valence-corrected chi connectivity index (χ3v) is 7.09. The standard InChI is InChI=1S/C29H44BNO5/c1-10-11-12-13-18-29(21-26(3,4)33)19-20-31(25(32)35-29)22(2)23-14-16-24(17-15-23)30(9)36-28(7,8)27(5,6)34/h10-18,22,33-34H,1,19-21H2,2-9H3. The SMILES string of the molecule is C=CC=CC=CC1(CC(C)(C)O)CCN(C(C)c2ccc(B(C)OC(C)(C)C(C)(C)O)cc2)C(=O)O1. The number of nitrogens with zero attached hydrogens (tertiary/aromatic N) is 1. The van der Waals surface area contributed by atoms with Crippen molar-refractivity contribution in [3.05, 3.63) is 66.8 Å². The predicted octanol–water partition coefficient (Wildman–Crippen LogP) is 5.18. The van der Waals surface area contributed by atoms with Crippen LogP contribution in [0.4, 0.5) is 4.79 Å². The van der Waals surface area contributed by atoms with E-state index in [4.69, 9.17) is 9.39 Å². The second kappa shape index (κ2) is 11.4. The van der Waals surface area contributed by atoms with Crippen LogP contribution in [0.1, 0.15) is 72.9 Å². The van der Waals surface area contributed by atoms with Gasteiger partial charge in [0.15, 0.2) is 0 Å². The summed E-state index contributed by atoms with van der Waals surface area (Å²) in [5.41, 5.74) is -1.59. The van der Waals surface area contributed by atoms with Gasteiger partial charge in [-0.15, -0.1) is 0 Å². The minimum absolute atomic E-state index is 0.180. The highest BCUT2D eigenvalue weighted by atomic mass is 16.6. The highest BCUT2D eigenvalue weighted by molar-refractivity contribution is 6.66. The first kappa shape index (κ1) is 29.9. The smallest absolute Gasteiger partial charge is 0.411 e. The lowest BCUT2D eigenvalue weighted by Gasteiger charge is -2.43. The van der Waals surface area contributed by atoms with Crippen molar-refractivity contribution in [2.24, 2.45) is 0 Å². The van der Waals surface area contributed by atoms with Crippen molar-refractivity contribution in [1.29, 1.82) is 0 Å². The monoisotopic (exact) mass is 497 g/mol. The molecule has 1 amide bonds. The zero-order chi connectivity index (χ0) is 27.4. The van der Waals surface area contributed by atoms with E-state index in [1.54, 1.807) is 44.7 Å². The Bertz CT molecular complexity index is 955. The molecule has 1 saturated heterocycles. The fourth-order valence-electron chi connectivity index (χ4n) is 4.32. The molecule has 36 heavy (non-hydrogen) atoms. The summed E-state index contributed by atoms with van der Waals surface area (Å²) >= 11 is 0. The van der Waals surface area contributed by atoms with Gasteiger partial charge in [0.25, 0.3) is 0 Å². The highest BCUT2D eigenvalue weighted by Gasteiger charge is 2.43. The number of hydrogen-bond acceptors (Lipinski definition) is 5. The number of cyclic esters (lactones) is 1. The summed E-state index contributed by atoms with van der Waals surface area (Å²) in [6.07, 6.45) is 9.47. The number of amides is 1. The molecule has 1 aromatic rings. The summed E-state index contributed by atoms with van der Waals surface area (Å²) in [5, 5.41) is 20.9. The summed E-state index contributed by atoms with van der Waals surface area (Å²) in [6, 6.07) is 7.82. The third-order valence-electron chi connectivity index (χ3n) is 7.09. The van der Waals surface area contributed by atoms with Crippen LogP contribution in [0, 0.1) is 0 Å². The predicted molar refractivity (Wildman–Crippen MR) is 147 cm³/mol. The molecule has 0 aromatic heterocycles. The molecule has 1 aliphatic heterocycles. The molecule has 198 valence electrons. The van der Waals surface area contributed by atoms with Gasteiger partial charge in [0.2, 0.25) is 0 Å². The van der Waals surface area contributed by atoms with Gasteiger partial charge in [-0.3, -0.25) is 0 Å². The largest absolute Gasteiger partial charge is 0.438 e. The van der Waals surface area contributed by atoms with Crippen LogP contribution in [0.3, 0.4) is 0 Å². The molecule has 7 heteroatoms. The number of ether oxygens (including phenoxy) is 1. The maximum Gasteiger partial charge on any atom is 0.411 e. The second-order valence-electron chi connectivity index (χ2n) is 11.5. The fourth-order valence-corrected chi connectivity index (χ4v) is 4.32. The van der Waals surface area contributed by atoms with Gasteiger partial charge in [0, 0.05) is 19.4 Å². The lowest BCUT2D eigenvalue weighted by Crippen LogP contribution is -2.52. The molecule has 6 nitrogen and oxygen atoms in total. The Morgan fingerprint density at radius 3 is 2.25 bits per heavy atom. The molecule has 0 aliphatic carbocycles. The summed E-state index contributed by atoms with van der Waals surface area (Å²) in [6.45, 7) is 18.6. The number of carbonyl (C=O) groups excluding carboxylic acids is 1. The molecule has 0 bridgehead atoms. The molecule has 0 saturated carbocycles. The molecule has 0 spiro atoms. The normalized spacial score (nSPS) is 20.6. The summed E-state index contributed by atoms with van der Waals surface area (Å²) < 4.78 is 12.1. The second-order valence-corrected chi connectivity index (χ2v) is 11.5. The van der Waals surface area contributed by atoms with Gasteiger partial charge >= 0.3 is 13.0 Å². The average Bonchev–Trinajstić information content (AvgIpc) is 2.74. The molecule has 2 unspecified atom stereocenters. The molecule has 0 radical (unpaired) electrons. The lowest BCUT2D eigenvalue weighted by atomic mass is 9.62. The minimum Gasteiger partial charge on any atom is -0.438 e. The van der Waals surface area contributed by atoms with Crippen LogP contribution < -0.4 is 5.46 Å². The topological polar surface area (TPSA) is 79.2 Å². The Morgan fingerprint density at radius 1 is 1.14 bits per heavy atom. The molecule has 1 aliphatic rings. The summed E-state index contributed by atoms with van der Waals surface area (Å²) in [7, 11) is 0. The van der Waals surface area contributed by atoms with E-state index >= 15 is 0 Å². The van der Waals surface area contributed by atoms with Crippen LogP contribution in [-0.4, -0.2) is 57.1 Å². The number of allylic oxidation sites excluding steroid dienone is 4. The van der Waals surface area contributed by atoms with Crippen LogP contribution >= 0.6 is 0 Å². The summed E-state index contributed by atoms with van der Waals surface area (Å²) in [5.74, 6) is 0. The highest BCUT2D eigenvalue weighted by Crippen LogP contribution is 2.36. The molecule has 1 fully saturated rings. The quantitative estimate of drug-likeness (QED) is 0.325. The lowest BCUT2D eigenvalue weighted by molar-refractivity contribution is -0.0918. The Hall–Kier alpha value is -2.35. The van der Waals surface area contributed by atoms with Crippen molar-refractivity contribution in [1.82, 2.24) is 4.90 Å². The number of hydrogen-bond donors (Lipinski definition) is 2. The number of carbonyl (C=O) groups is 1. The molecule has 2 atom stereocenters. The zero-order valence-electron chi connectivity index (χ0n) is 23.2. The maximum atomic E-state index is 13.1. The fraction of sp³-hybridized carbons (Fsp3) is 0.552. The molecular weight excluding hydrogens is 453 g/mol. The van der Waals surface area contributed by atoms with Crippen LogP contribution in [0.2, 0.25) is 6.82 Å². The van der Waals surface area contributed by atoms with Gasteiger partial charge in [0.05, 0.1) is 22.8 Å². The molecule has 2 rings (SSSR count). The number of aliphatic hydroxyl groups is 2. The molecular formula is C29H44BNO5. The zero-order valence-corrected chi connectivity index (χ0v) is 23.2. The van der Waals surface area contributed by atoms with E-state index in [0.29, 0.717) is 19.4 Å². The number of benzene rings is 1. The Labute approximate surface area is 217 Å².